The molecule has 0 bridgehead atoms. The summed E-state index contributed by atoms with van der Waals surface area (Å²) in [6.45, 7) is 2.01. The molecule has 4 heteroatoms. The van der Waals surface area contributed by atoms with Crippen LogP contribution in [0.25, 0.3) is 22.2 Å². The second kappa shape index (κ2) is 6.05. The summed E-state index contributed by atoms with van der Waals surface area (Å²) in [6, 6.07) is 12.9. The molecule has 22 heavy (non-hydrogen) atoms. The van der Waals surface area contributed by atoms with E-state index in [1.54, 1.807) is 19.2 Å². The molecule has 2 nitrogen and oxygen atoms in total. The topological polar surface area (TPSA) is 22.1 Å². The standard InChI is InChI=1S/C18H15BrFNO/c1-11-5-3-6-12-9-13(10-19)18(21-17(11)12)16-14(20)7-4-8-15(16)22-2/h3-9H,10H2,1-2H3. The summed E-state index contributed by atoms with van der Waals surface area (Å²) in [7, 11) is 1.54. The lowest BCUT2D eigenvalue weighted by Gasteiger charge is -2.14. The lowest BCUT2D eigenvalue weighted by Crippen LogP contribution is -1.98. The predicted octanol–water partition coefficient (Wildman–Crippen LogP) is 5.25. The normalized spacial score (nSPS) is 10.9. The maximum atomic E-state index is 14.4. The molecule has 0 fully saturated rings. The number of nitrogens with zero attached hydrogens (tertiary/aromatic N) is 1. The minimum absolute atomic E-state index is 0.331. The number of hydrogen-bond acceptors (Lipinski definition) is 2. The summed E-state index contributed by atoms with van der Waals surface area (Å²) in [5, 5.41) is 1.64. The van der Waals surface area contributed by atoms with Crippen LogP contribution < -0.4 is 4.74 Å². The Morgan fingerprint density at radius 2 is 1.95 bits per heavy atom. The van der Waals surface area contributed by atoms with Crippen LogP contribution in [0.4, 0.5) is 4.39 Å². The fourth-order valence-electron chi connectivity index (χ4n) is 2.61. The summed E-state index contributed by atoms with van der Waals surface area (Å²) >= 11 is 3.48. The number of fused-ring (bicyclic) bond motifs is 1. The number of ether oxygens (including phenoxy) is 1. The van der Waals surface area contributed by atoms with Crippen molar-refractivity contribution in [2.24, 2.45) is 0 Å². The SMILES string of the molecule is COc1cccc(F)c1-c1nc2c(C)cccc2cc1CBr. The van der Waals surface area contributed by atoms with Crippen LogP contribution in [-0.4, -0.2) is 12.1 Å². The Bertz CT molecular complexity index is 848. The van der Waals surface area contributed by atoms with Crippen LogP contribution in [0.3, 0.4) is 0 Å². The van der Waals surface area contributed by atoms with Gasteiger partial charge in [0.15, 0.2) is 0 Å². The van der Waals surface area contributed by atoms with Crippen LogP contribution in [-0.2, 0) is 5.33 Å². The molecule has 0 aliphatic heterocycles. The zero-order valence-corrected chi connectivity index (χ0v) is 13.9. The molecule has 0 amide bonds. The Morgan fingerprint density at radius 1 is 1.18 bits per heavy atom. The van der Waals surface area contributed by atoms with Gasteiger partial charge in [0.05, 0.1) is 23.9 Å². The van der Waals surface area contributed by atoms with Gasteiger partial charge in [0, 0.05) is 10.7 Å². The van der Waals surface area contributed by atoms with E-state index in [2.05, 4.69) is 15.9 Å². The first-order valence-corrected chi connectivity index (χ1v) is 8.06. The number of pyridine rings is 1. The molecule has 0 spiro atoms. The van der Waals surface area contributed by atoms with E-state index in [9.17, 15) is 4.39 Å². The van der Waals surface area contributed by atoms with E-state index in [1.807, 2.05) is 31.2 Å². The zero-order chi connectivity index (χ0) is 15.7. The molecule has 0 atom stereocenters. The molecule has 0 saturated heterocycles. The molecule has 3 aromatic rings. The first-order valence-electron chi connectivity index (χ1n) is 6.93. The lowest BCUT2D eigenvalue weighted by molar-refractivity contribution is 0.413. The van der Waals surface area contributed by atoms with Crippen molar-refractivity contribution in [3.05, 3.63) is 59.4 Å². The van der Waals surface area contributed by atoms with Crippen LogP contribution in [0.5, 0.6) is 5.75 Å². The van der Waals surface area contributed by atoms with E-state index in [1.165, 1.54) is 6.07 Å². The van der Waals surface area contributed by atoms with E-state index in [4.69, 9.17) is 9.72 Å². The van der Waals surface area contributed by atoms with Crippen molar-refractivity contribution in [2.45, 2.75) is 12.3 Å². The highest BCUT2D eigenvalue weighted by Gasteiger charge is 2.17. The molecular weight excluding hydrogens is 345 g/mol. The number of hydrogen-bond donors (Lipinski definition) is 0. The van der Waals surface area contributed by atoms with Crippen LogP contribution in [0.2, 0.25) is 0 Å². The van der Waals surface area contributed by atoms with E-state index in [-0.39, 0.29) is 5.82 Å². The fraction of sp³-hybridized carbons (Fsp3) is 0.167. The Kier molecular flexibility index (Phi) is 4.12. The minimum atomic E-state index is -0.331. The van der Waals surface area contributed by atoms with Crippen molar-refractivity contribution in [2.75, 3.05) is 7.11 Å². The van der Waals surface area contributed by atoms with Crippen molar-refractivity contribution >= 4 is 26.8 Å². The number of rotatable bonds is 3. The average Bonchev–Trinajstić information content (AvgIpc) is 2.54. The van der Waals surface area contributed by atoms with Gasteiger partial charge < -0.3 is 4.74 Å². The van der Waals surface area contributed by atoms with Crippen LogP contribution in [0, 0.1) is 12.7 Å². The number of alkyl halides is 1. The van der Waals surface area contributed by atoms with Crippen molar-refractivity contribution in [3.8, 4) is 17.0 Å². The molecule has 0 saturated carbocycles. The third kappa shape index (κ3) is 2.48. The molecule has 0 radical (unpaired) electrons. The molecule has 0 unspecified atom stereocenters. The van der Waals surface area contributed by atoms with Crippen molar-refractivity contribution in [3.63, 3.8) is 0 Å². The van der Waals surface area contributed by atoms with Gasteiger partial charge >= 0.3 is 0 Å². The highest BCUT2D eigenvalue weighted by Crippen LogP contribution is 2.36. The van der Waals surface area contributed by atoms with E-state index >= 15 is 0 Å². The van der Waals surface area contributed by atoms with Crippen LogP contribution in [0.1, 0.15) is 11.1 Å². The molecule has 1 heterocycles. The van der Waals surface area contributed by atoms with Gasteiger partial charge in [-0.3, -0.25) is 0 Å². The first-order chi connectivity index (χ1) is 10.7. The lowest BCUT2D eigenvalue weighted by atomic mass is 10.0. The zero-order valence-electron chi connectivity index (χ0n) is 12.4. The number of halogens is 2. The van der Waals surface area contributed by atoms with Gasteiger partial charge in [-0.25, -0.2) is 9.37 Å². The summed E-state index contributed by atoms with van der Waals surface area (Å²) in [5.74, 6) is 0.157. The Balaban J connectivity index is 2.37. The largest absolute Gasteiger partial charge is 0.496 e. The van der Waals surface area contributed by atoms with Gasteiger partial charge in [-0.05, 0) is 36.2 Å². The highest BCUT2D eigenvalue weighted by atomic mass is 79.9. The monoisotopic (exact) mass is 359 g/mol. The molecule has 0 N–H and O–H groups in total. The second-order valence-corrected chi connectivity index (χ2v) is 5.65. The molecule has 1 aromatic heterocycles. The number of aromatic nitrogens is 1. The average molecular weight is 360 g/mol. The molecule has 3 rings (SSSR count). The summed E-state index contributed by atoms with van der Waals surface area (Å²) < 4.78 is 19.7. The molecule has 0 aliphatic carbocycles. The molecule has 112 valence electrons. The number of aryl methyl sites for hydroxylation is 1. The number of para-hydroxylation sites is 1. The molecule has 2 aromatic carbocycles. The number of benzene rings is 2. The molecule has 0 aliphatic rings. The van der Waals surface area contributed by atoms with Crippen molar-refractivity contribution in [1.29, 1.82) is 0 Å². The van der Waals surface area contributed by atoms with E-state index in [0.717, 1.165) is 22.0 Å². The summed E-state index contributed by atoms with van der Waals surface area (Å²) in [5.41, 5.74) is 3.91. The first kappa shape index (κ1) is 15.0. The van der Waals surface area contributed by atoms with Crippen LogP contribution >= 0.6 is 15.9 Å². The van der Waals surface area contributed by atoms with Crippen LogP contribution in [0.15, 0.2) is 42.5 Å². The maximum Gasteiger partial charge on any atom is 0.136 e. The van der Waals surface area contributed by atoms with Gasteiger partial charge in [0.25, 0.3) is 0 Å². The third-order valence-electron chi connectivity index (χ3n) is 3.70. The third-order valence-corrected chi connectivity index (χ3v) is 4.31. The molecular formula is C18H15BrFNO. The fourth-order valence-corrected chi connectivity index (χ4v) is 3.04. The van der Waals surface area contributed by atoms with Gasteiger partial charge in [0.2, 0.25) is 0 Å². The van der Waals surface area contributed by atoms with Crippen molar-refractivity contribution in [1.82, 2.24) is 4.98 Å². The van der Waals surface area contributed by atoms with Gasteiger partial charge in [-0.2, -0.15) is 0 Å². The summed E-state index contributed by atoms with van der Waals surface area (Å²) in [6.07, 6.45) is 0. The quantitative estimate of drug-likeness (QED) is 0.595. The Hall–Kier alpha value is -1.94. The Morgan fingerprint density at radius 3 is 2.68 bits per heavy atom. The van der Waals surface area contributed by atoms with Crippen molar-refractivity contribution < 1.29 is 9.13 Å². The minimum Gasteiger partial charge on any atom is -0.496 e. The van der Waals surface area contributed by atoms with Gasteiger partial charge in [-0.1, -0.05) is 40.2 Å². The van der Waals surface area contributed by atoms with E-state index in [0.29, 0.717) is 22.3 Å². The van der Waals surface area contributed by atoms with Gasteiger partial charge in [0.1, 0.15) is 11.6 Å². The Labute approximate surface area is 137 Å². The second-order valence-electron chi connectivity index (χ2n) is 5.09. The smallest absolute Gasteiger partial charge is 0.136 e. The highest BCUT2D eigenvalue weighted by molar-refractivity contribution is 9.08. The summed E-state index contributed by atoms with van der Waals surface area (Å²) in [4.78, 5) is 4.74. The number of methoxy groups -OCH3 is 1. The van der Waals surface area contributed by atoms with Gasteiger partial charge in [-0.15, -0.1) is 0 Å². The predicted molar refractivity (Wildman–Crippen MR) is 91.1 cm³/mol. The maximum absolute atomic E-state index is 14.4. The van der Waals surface area contributed by atoms with E-state index < -0.39 is 0 Å².